The zero-order valence-electron chi connectivity index (χ0n) is 15.1. The summed E-state index contributed by atoms with van der Waals surface area (Å²) in [4.78, 5) is 11.2. The van der Waals surface area contributed by atoms with E-state index >= 15 is 0 Å². The third-order valence-electron chi connectivity index (χ3n) is 4.27. The Morgan fingerprint density at radius 2 is 1.85 bits per heavy atom. The smallest absolute Gasteiger partial charge is 0.240 e. The highest BCUT2D eigenvalue weighted by Crippen LogP contribution is 2.20. The van der Waals surface area contributed by atoms with E-state index in [9.17, 15) is 8.42 Å². The second-order valence-corrected chi connectivity index (χ2v) is 8.08. The minimum absolute atomic E-state index is 0.135. The topological polar surface area (TPSA) is 111 Å². The maximum atomic E-state index is 12.3. The van der Waals surface area contributed by atoms with Crippen molar-refractivity contribution in [1.82, 2.24) is 14.7 Å². The monoisotopic (exact) mass is 386 g/mol. The summed E-state index contributed by atoms with van der Waals surface area (Å²) >= 11 is 0. The predicted molar refractivity (Wildman–Crippen MR) is 103 cm³/mol. The van der Waals surface area contributed by atoms with Gasteiger partial charge in [0, 0.05) is 32.2 Å². The first-order valence-corrected chi connectivity index (χ1v) is 10.3. The molecule has 0 saturated carbocycles. The Bertz CT molecular complexity index is 931. The van der Waals surface area contributed by atoms with E-state index in [0.29, 0.717) is 23.8 Å². The molecule has 1 aromatic carbocycles. The molecule has 8 nitrogen and oxygen atoms in total. The minimum Gasteiger partial charge on any atom is -0.369 e. The molecule has 1 aromatic heterocycles. The van der Waals surface area contributed by atoms with Gasteiger partial charge in [0.05, 0.1) is 16.5 Å². The van der Waals surface area contributed by atoms with E-state index in [-0.39, 0.29) is 11.4 Å². The maximum absolute atomic E-state index is 12.3. The molecule has 2 aromatic rings. The standard InChI is InChI=1S/C18H22N6O2S/c1-14-22-17(12-18(23-14)24-10-2-3-11-24)20-8-9-21-27(25,26)16-6-4-15(13-19)5-7-16/h4-7,12,21H,2-3,8-11H2,1H3,(H,20,22,23). The average molecular weight is 386 g/mol. The molecule has 0 amide bonds. The van der Waals surface area contributed by atoms with Gasteiger partial charge in [-0.05, 0) is 44.0 Å². The highest BCUT2D eigenvalue weighted by molar-refractivity contribution is 7.89. The molecule has 142 valence electrons. The lowest BCUT2D eigenvalue weighted by Gasteiger charge is -2.17. The van der Waals surface area contributed by atoms with Crippen LogP contribution in [0.1, 0.15) is 24.2 Å². The molecule has 27 heavy (non-hydrogen) atoms. The van der Waals surface area contributed by atoms with Gasteiger partial charge in [-0.25, -0.2) is 23.1 Å². The summed E-state index contributed by atoms with van der Waals surface area (Å²) in [6.45, 7) is 4.45. The lowest BCUT2D eigenvalue weighted by Crippen LogP contribution is -2.29. The summed E-state index contributed by atoms with van der Waals surface area (Å²) in [7, 11) is -3.61. The molecule has 0 aliphatic carbocycles. The Hall–Kier alpha value is -2.70. The van der Waals surface area contributed by atoms with Crippen LogP contribution in [-0.4, -0.2) is 44.6 Å². The third kappa shape index (κ3) is 4.93. The molecule has 1 fully saturated rings. The number of nitriles is 1. The van der Waals surface area contributed by atoms with E-state index in [1.165, 1.54) is 37.1 Å². The van der Waals surface area contributed by atoms with Crippen molar-refractivity contribution in [2.45, 2.75) is 24.7 Å². The summed E-state index contributed by atoms with van der Waals surface area (Å²) in [5, 5.41) is 11.9. The number of anilines is 2. The van der Waals surface area contributed by atoms with E-state index in [2.05, 4.69) is 24.9 Å². The molecule has 3 rings (SSSR count). The molecule has 0 spiro atoms. The van der Waals surface area contributed by atoms with Crippen LogP contribution in [0.25, 0.3) is 0 Å². The Morgan fingerprint density at radius 3 is 2.52 bits per heavy atom. The van der Waals surface area contributed by atoms with Gasteiger partial charge in [0.15, 0.2) is 0 Å². The number of benzene rings is 1. The van der Waals surface area contributed by atoms with Gasteiger partial charge in [0.25, 0.3) is 0 Å². The van der Waals surface area contributed by atoms with Gasteiger partial charge in [-0.3, -0.25) is 0 Å². The number of rotatable bonds is 7. The van der Waals surface area contributed by atoms with Crippen LogP contribution in [0.3, 0.4) is 0 Å². The largest absolute Gasteiger partial charge is 0.369 e. The van der Waals surface area contributed by atoms with E-state index in [1.54, 1.807) is 0 Å². The zero-order chi connectivity index (χ0) is 19.3. The first-order valence-electron chi connectivity index (χ1n) is 8.82. The Kier molecular flexibility index (Phi) is 5.88. The normalized spacial score (nSPS) is 14.1. The van der Waals surface area contributed by atoms with Crippen molar-refractivity contribution in [3.05, 3.63) is 41.7 Å². The van der Waals surface area contributed by atoms with Crippen molar-refractivity contribution >= 4 is 21.7 Å². The van der Waals surface area contributed by atoms with Crippen LogP contribution in [0.4, 0.5) is 11.6 Å². The number of nitrogens with zero attached hydrogens (tertiary/aromatic N) is 4. The molecule has 2 heterocycles. The second kappa shape index (κ2) is 8.33. The highest BCUT2D eigenvalue weighted by Gasteiger charge is 2.15. The van der Waals surface area contributed by atoms with Gasteiger partial charge < -0.3 is 10.2 Å². The number of nitrogens with one attached hydrogen (secondary N) is 2. The van der Waals surface area contributed by atoms with Crippen LogP contribution >= 0.6 is 0 Å². The number of hydrogen-bond donors (Lipinski definition) is 2. The lowest BCUT2D eigenvalue weighted by atomic mass is 10.2. The number of sulfonamides is 1. The van der Waals surface area contributed by atoms with Gasteiger partial charge >= 0.3 is 0 Å². The number of hydrogen-bond acceptors (Lipinski definition) is 7. The van der Waals surface area contributed by atoms with Gasteiger partial charge in [-0.15, -0.1) is 0 Å². The van der Waals surface area contributed by atoms with Crippen molar-refractivity contribution in [2.75, 3.05) is 36.4 Å². The van der Waals surface area contributed by atoms with Crippen LogP contribution < -0.4 is 14.9 Å². The van der Waals surface area contributed by atoms with Crippen molar-refractivity contribution in [2.24, 2.45) is 0 Å². The predicted octanol–water partition coefficient (Wildman–Crippen LogP) is 1.65. The average Bonchev–Trinajstić information content (AvgIpc) is 3.20. The second-order valence-electron chi connectivity index (χ2n) is 6.31. The summed E-state index contributed by atoms with van der Waals surface area (Å²) in [5.41, 5.74) is 0.420. The van der Waals surface area contributed by atoms with Crippen LogP contribution in [0.15, 0.2) is 35.2 Å². The van der Waals surface area contributed by atoms with Crippen molar-refractivity contribution in [1.29, 1.82) is 5.26 Å². The fourth-order valence-electron chi connectivity index (χ4n) is 2.92. The number of aromatic nitrogens is 2. The Morgan fingerprint density at radius 1 is 1.15 bits per heavy atom. The molecule has 0 atom stereocenters. The summed E-state index contributed by atoms with van der Waals surface area (Å²) in [5.74, 6) is 2.27. The molecule has 0 unspecified atom stereocenters. The zero-order valence-corrected chi connectivity index (χ0v) is 16.0. The van der Waals surface area contributed by atoms with Crippen LogP contribution in [-0.2, 0) is 10.0 Å². The lowest BCUT2D eigenvalue weighted by molar-refractivity contribution is 0.583. The van der Waals surface area contributed by atoms with Crippen molar-refractivity contribution < 1.29 is 8.42 Å². The molecule has 0 radical (unpaired) electrons. The summed E-state index contributed by atoms with van der Waals surface area (Å²) in [6.07, 6.45) is 2.34. The fraction of sp³-hybridized carbons (Fsp3) is 0.389. The van der Waals surface area contributed by atoms with E-state index in [0.717, 1.165) is 18.9 Å². The maximum Gasteiger partial charge on any atom is 0.240 e. The molecule has 1 aliphatic rings. The van der Waals surface area contributed by atoms with Gasteiger partial charge in [-0.2, -0.15) is 5.26 Å². The van der Waals surface area contributed by atoms with Gasteiger partial charge in [-0.1, -0.05) is 0 Å². The summed E-state index contributed by atoms with van der Waals surface area (Å²) in [6, 6.07) is 9.67. The first kappa shape index (κ1) is 19.1. The number of aryl methyl sites for hydroxylation is 1. The third-order valence-corrected chi connectivity index (χ3v) is 5.75. The molecule has 2 N–H and O–H groups in total. The van der Waals surface area contributed by atoms with Crippen molar-refractivity contribution in [3.63, 3.8) is 0 Å². The van der Waals surface area contributed by atoms with E-state index in [4.69, 9.17) is 5.26 Å². The van der Waals surface area contributed by atoms with Crippen LogP contribution in [0.2, 0.25) is 0 Å². The van der Waals surface area contributed by atoms with Crippen molar-refractivity contribution in [3.8, 4) is 6.07 Å². The van der Waals surface area contributed by atoms with Crippen LogP contribution in [0.5, 0.6) is 0 Å². The molecule has 1 saturated heterocycles. The van der Waals surface area contributed by atoms with Gasteiger partial charge in [0.1, 0.15) is 17.5 Å². The summed E-state index contributed by atoms with van der Waals surface area (Å²) < 4.78 is 27.1. The Labute approximate surface area is 159 Å². The first-order chi connectivity index (χ1) is 13.0. The van der Waals surface area contributed by atoms with Crippen LogP contribution in [0, 0.1) is 18.3 Å². The quantitative estimate of drug-likeness (QED) is 0.696. The molecule has 0 bridgehead atoms. The molecule has 9 heteroatoms. The minimum atomic E-state index is -3.61. The van der Waals surface area contributed by atoms with E-state index in [1.807, 2.05) is 19.1 Å². The van der Waals surface area contributed by atoms with E-state index < -0.39 is 10.0 Å². The van der Waals surface area contributed by atoms with Gasteiger partial charge in [0.2, 0.25) is 10.0 Å². The Balaban J connectivity index is 1.55. The molecule has 1 aliphatic heterocycles. The molecular formula is C18H22N6O2S. The fourth-order valence-corrected chi connectivity index (χ4v) is 3.95. The highest BCUT2D eigenvalue weighted by atomic mass is 32.2. The SMILES string of the molecule is Cc1nc(NCCNS(=O)(=O)c2ccc(C#N)cc2)cc(N2CCCC2)n1. The molecular weight excluding hydrogens is 364 g/mol.